The molecule has 0 aliphatic carbocycles. The molecular formula is C40H68N2O2. The van der Waals surface area contributed by atoms with Gasteiger partial charge in [-0.3, -0.25) is 9.80 Å². The molecule has 0 fully saturated rings. The summed E-state index contributed by atoms with van der Waals surface area (Å²) in [5, 5.41) is 0. The third-order valence-corrected chi connectivity index (χ3v) is 8.64. The SMILES string of the molecule is CCCCCCN(CCCCCC)COCc1ccc(-c2ccc(COCN(CCCCCC)CCCCCC)cc2)cc1. The van der Waals surface area contributed by atoms with Crippen LogP contribution in [0.25, 0.3) is 11.1 Å². The van der Waals surface area contributed by atoms with E-state index in [9.17, 15) is 0 Å². The first kappa shape index (κ1) is 38.5. The van der Waals surface area contributed by atoms with Crippen molar-refractivity contribution in [1.82, 2.24) is 9.80 Å². The van der Waals surface area contributed by atoms with Crippen molar-refractivity contribution in [3.8, 4) is 11.1 Å². The van der Waals surface area contributed by atoms with Crippen LogP contribution in [0.2, 0.25) is 0 Å². The summed E-state index contributed by atoms with van der Waals surface area (Å²) in [7, 11) is 0. The first-order chi connectivity index (χ1) is 21.7. The van der Waals surface area contributed by atoms with Gasteiger partial charge in [-0.05, 0) is 47.9 Å². The third-order valence-electron chi connectivity index (χ3n) is 8.64. The Bertz CT molecular complexity index is 799. The van der Waals surface area contributed by atoms with Crippen LogP contribution in [-0.4, -0.2) is 49.4 Å². The summed E-state index contributed by atoms with van der Waals surface area (Å²) in [5.41, 5.74) is 4.98. The van der Waals surface area contributed by atoms with Crippen LogP contribution in [0.3, 0.4) is 0 Å². The predicted molar refractivity (Wildman–Crippen MR) is 191 cm³/mol. The molecule has 0 radical (unpaired) electrons. The molecule has 0 amide bonds. The number of hydrogen-bond donors (Lipinski definition) is 0. The normalized spacial score (nSPS) is 11.7. The number of hydrogen-bond acceptors (Lipinski definition) is 4. The number of ether oxygens (including phenoxy) is 2. The van der Waals surface area contributed by atoms with Gasteiger partial charge in [0.2, 0.25) is 0 Å². The van der Waals surface area contributed by atoms with E-state index in [-0.39, 0.29) is 0 Å². The van der Waals surface area contributed by atoms with Gasteiger partial charge in [-0.25, -0.2) is 0 Å². The van der Waals surface area contributed by atoms with Crippen molar-refractivity contribution in [3.63, 3.8) is 0 Å². The van der Waals surface area contributed by atoms with Crippen molar-refractivity contribution in [2.75, 3.05) is 39.6 Å². The van der Waals surface area contributed by atoms with Gasteiger partial charge in [0.25, 0.3) is 0 Å². The van der Waals surface area contributed by atoms with Crippen LogP contribution in [0.15, 0.2) is 48.5 Å². The molecule has 0 saturated carbocycles. The van der Waals surface area contributed by atoms with Gasteiger partial charge in [0.15, 0.2) is 0 Å². The minimum atomic E-state index is 0.672. The van der Waals surface area contributed by atoms with E-state index < -0.39 is 0 Å². The Labute approximate surface area is 272 Å². The van der Waals surface area contributed by atoms with Gasteiger partial charge in [0.1, 0.15) is 0 Å². The maximum Gasteiger partial charge on any atom is 0.0994 e. The van der Waals surface area contributed by atoms with E-state index in [0.29, 0.717) is 13.2 Å². The van der Waals surface area contributed by atoms with Crippen LogP contribution >= 0.6 is 0 Å². The first-order valence-electron chi connectivity index (χ1n) is 18.5. The van der Waals surface area contributed by atoms with Crippen LogP contribution in [-0.2, 0) is 22.7 Å². The molecule has 0 aliphatic heterocycles. The lowest BCUT2D eigenvalue weighted by Crippen LogP contribution is -2.28. The molecule has 0 saturated heterocycles. The Morgan fingerprint density at radius 3 is 0.955 bits per heavy atom. The summed E-state index contributed by atoms with van der Waals surface area (Å²) in [6.07, 6.45) is 20.9. The van der Waals surface area contributed by atoms with Crippen molar-refractivity contribution in [2.24, 2.45) is 0 Å². The highest BCUT2D eigenvalue weighted by Gasteiger charge is 2.07. The van der Waals surface area contributed by atoms with Gasteiger partial charge in [-0.15, -0.1) is 0 Å². The maximum absolute atomic E-state index is 6.18. The van der Waals surface area contributed by atoms with E-state index in [4.69, 9.17) is 9.47 Å². The zero-order valence-electron chi connectivity index (χ0n) is 29.3. The molecule has 0 spiro atoms. The molecule has 0 atom stereocenters. The zero-order chi connectivity index (χ0) is 31.5. The average Bonchev–Trinajstić information content (AvgIpc) is 3.05. The molecule has 2 rings (SSSR count). The van der Waals surface area contributed by atoms with Crippen molar-refractivity contribution >= 4 is 0 Å². The number of unbranched alkanes of at least 4 members (excludes halogenated alkanes) is 12. The molecule has 44 heavy (non-hydrogen) atoms. The number of rotatable bonds is 29. The smallest absolute Gasteiger partial charge is 0.0994 e. The molecule has 4 heteroatoms. The maximum atomic E-state index is 6.18. The van der Waals surface area contributed by atoms with E-state index in [1.807, 2.05) is 0 Å². The van der Waals surface area contributed by atoms with E-state index in [1.54, 1.807) is 0 Å². The van der Waals surface area contributed by atoms with E-state index in [2.05, 4.69) is 86.0 Å². The molecule has 2 aromatic rings. The average molecular weight is 609 g/mol. The quantitative estimate of drug-likeness (QED) is 0.0677. The Morgan fingerprint density at radius 2 is 0.682 bits per heavy atom. The molecular weight excluding hydrogens is 540 g/mol. The molecule has 0 aliphatic rings. The van der Waals surface area contributed by atoms with Gasteiger partial charge in [0, 0.05) is 26.2 Å². The third kappa shape index (κ3) is 18.3. The Hall–Kier alpha value is -1.72. The molecule has 0 N–H and O–H groups in total. The highest BCUT2D eigenvalue weighted by atomic mass is 16.5. The topological polar surface area (TPSA) is 24.9 Å². The summed E-state index contributed by atoms with van der Waals surface area (Å²) < 4.78 is 12.4. The minimum Gasteiger partial charge on any atom is -0.361 e. The summed E-state index contributed by atoms with van der Waals surface area (Å²) in [6.45, 7) is 16.6. The second kappa shape index (κ2) is 26.5. The second-order valence-corrected chi connectivity index (χ2v) is 12.8. The summed E-state index contributed by atoms with van der Waals surface area (Å²) in [6, 6.07) is 17.8. The molecule has 0 unspecified atom stereocenters. The Balaban J connectivity index is 1.77. The van der Waals surface area contributed by atoms with Crippen LogP contribution in [0.4, 0.5) is 0 Å². The van der Waals surface area contributed by atoms with Crippen LogP contribution in [0.5, 0.6) is 0 Å². The van der Waals surface area contributed by atoms with Gasteiger partial charge in [-0.1, -0.05) is 153 Å². The lowest BCUT2D eigenvalue weighted by Gasteiger charge is -2.22. The Morgan fingerprint density at radius 1 is 0.386 bits per heavy atom. The molecule has 250 valence electrons. The van der Waals surface area contributed by atoms with E-state index >= 15 is 0 Å². The minimum absolute atomic E-state index is 0.672. The Kier molecular flexibility index (Phi) is 23.2. The molecule has 0 heterocycles. The fourth-order valence-corrected chi connectivity index (χ4v) is 5.70. The zero-order valence-corrected chi connectivity index (χ0v) is 29.3. The van der Waals surface area contributed by atoms with E-state index in [1.165, 1.54) is 125 Å². The van der Waals surface area contributed by atoms with Gasteiger partial charge in [-0.2, -0.15) is 0 Å². The van der Waals surface area contributed by atoms with Crippen molar-refractivity contribution < 1.29 is 9.47 Å². The van der Waals surface area contributed by atoms with Crippen molar-refractivity contribution in [1.29, 1.82) is 0 Å². The fraction of sp³-hybridized carbons (Fsp3) is 0.700. The molecule has 0 aromatic heterocycles. The summed E-state index contributed by atoms with van der Waals surface area (Å²) >= 11 is 0. The largest absolute Gasteiger partial charge is 0.361 e. The summed E-state index contributed by atoms with van der Waals surface area (Å²) in [5.74, 6) is 0. The highest BCUT2D eigenvalue weighted by Crippen LogP contribution is 2.21. The van der Waals surface area contributed by atoms with E-state index in [0.717, 1.165) is 39.6 Å². The highest BCUT2D eigenvalue weighted by molar-refractivity contribution is 5.63. The second-order valence-electron chi connectivity index (χ2n) is 12.8. The van der Waals surface area contributed by atoms with Crippen molar-refractivity contribution in [3.05, 3.63) is 59.7 Å². The summed E-state index contributed by atoms with van der Waals surface area (Å²) in [4.78, 5) is 5.04. The first-order valence-corrected chi connectivity index (χ1v) is 18.5. The van der Waals surface area contributed by atoms with Gasteiger partial charge >= 0.3 is 0 Å². The molecule has 2 aromatic carbocycles. The lowest BCUT2D eigenvalue weighted by molar-refractivity contribution is 0.0168. The van der Waals surface area contributed by atoms with Crippen LogP contribution in [0.1, 0.15) is 142 Å². The van der Waals surface area contributed by atoms with Gasteiger partial charge < -0.3 is 9.47 Å². The molecule has 0 bridgehead atoms. The van der Waals surface area contributed by atoms with Gasteiger partial charge in [0.05, 0.1) is 26.7 Å². The van der Waals surface area contributed by atoms with Crippen molar-refractivity contribution in [2.45, 2.75) is 144 Å². The molecule has 4 nitrogen and oxygen atoms in total. The lowest BCUT2D eigenvalue weighted by atomic mass is 10.0. The van der Waals surface area contributed by atoms with Crippen LogP contribution < -0.4 is 0 Å². The standard InChI is InChI=1S/C40H68N2O2/c1-5-9-13-17-29-41(30-18-14-10-6-2)35-43-33-37-21-25-39(26-22-37)40-27-23-38(24-28-40)34-44-36-42(31-19-15-11-7-3)32-20-16-12-8-4/h21-28H,5-20,29-36H2,1-4H3. The number of nitrogens with zero attached hydrogens (tertiary/aromatic N) is 2. The number of benzene rings is 2. The fourth-order valence-electron chi connectivity index (χ4n) is 5.70. The predicted octanol–water partition coefficient (Wildman–Crippen LogP) is 11.2. The monoisotopic (exact) mass is 609 g/mol. The van der Waals surface area contributed by atoms with Crippen LogP contribution in [0, 0.1) is 0 Å².